The van der Waals surface area contributed by atoms with Crippen LogP contribution in [0.3, 0.4) is 0 Å². The number of nitro groups is 1. The number of nitrogens with zero attached hydrogens (tertiary/aromatic N) is 2. The molecule has 12 heteroatoms. The molecule has 31 heavy (non-hydrogen) atoms. The van der Waals surface area contributed by atoms with Gasteiger partial charge < -0.3 is 14.2 Å². The van der Waals surface area contributed by atoms with Gasteiger partial charge in [0.25, 0.3) is 12.0 Å². The second-order valence-electron chi connectivity index (χ2n) is 7.25. The Hall–Kier alpha value is -3.12. The number of esters is 2. The van der Waals surface area contributed by atoms with Crippen molar-refractivity contribution in [2.45, 2.75) is 31.8 Å². The van der Waals surface area contributed by atoms with Crippen LogP contribution >= 0.6 is 15.9 Å². The molecule has 0 unspecified atom stereocenters. The molecule has 3 aliphatic rings. The van der Waals surface area contributed by atoms with Crippen molar-refractivity contribution in [2.24, 2.45) is 11.8 Å². The molecule has 2 bridgehead atoms. The summed E-state index contributed by atoms with van der Waals surface area (Å²) in [5, 5.41) is 11.5. The van der Waals surface area contributed by atoms with Gasteiger partial charge in [0.15, 0.2) is 5.60 Å². The maximum atomic E-state index is 13.4. The van der Waals surface area contributed by atoms with E-state index >= 15 is 0 Å². The Morgan fingerprint density at radius 2 is 1.87 bits per heavy atom. The van der Waals surface area contributed by atoms with Crippen LogP contribution in [-0.2, 0) is 33.4 Å². The highest BCUT2D eigenvalue weighted by molar-refractivity contribution is 9.10. The lowest BCUT2D eigenvalue weighted by atomic mass is 9.76. The number of hydrogen-bond acceptors (Lipinski definition) is 9. The number of halogens is 1. The molecule has 1 aromatic carbocycles. The number of nitro benzene ring substituents is 1. The molecule has 2 amide bonds. The van der Waals surface area contributed by atoms with Gasteiger partial charge in [0.05, 0.1) is 22.9 Å². The first-order valence-electron chi connectivity index (χ1n) is 9.10. The summed E-state index contributed by atoms with van der Waals surface area (Å²) in [7, 11) is 0. The first kappa shape index (κ1) is 21.1. The van der Waals surface area contributed by atoms with Gasteiger partial charge in [0.1, 0.15) is 5.69 Å². The molecule has 11 nitrogen and oxygen atoms in total. The number of amides is 2. The summed E-state index contributed by atoms with van der Waals surface area (Å²) in [6, 6.07) is 3.94. The topological polar surface area (TPSA) is 142 Å². The molecule has 2 fully saturated rings. The summed E-state index contributed by atoms with van der Waals surface area (Å²) < 4.78 is 16.5. The molecule has 3 aliphatic heterocycles. The summed E-state index contributed by atoms with van der Waals surface area (Å²) in [5.74, 6) is -5.28. The van der Waals surface area contributed by atoms with Crippen LogP contribution in [0.4, 0.5) is 11.4 Å². The van der Waals surface area contributed by atoms with Crippen LogP contribution < -0.4 is 4.90 Å². The standard InChI is InChI=1S/C19H15BrN2O9/c1-8(23)29-18(30-9(2)24)19-6-5-13(31-19)14-15(19)17(26)21(16(14)25)11-4-3-10(20)7-12(11)22(27)28/h3-7,13-15,18H,1-2H3/t13-,14+,15+,19+/m0/s1. The first-order valence-corrected chi connectivity index (χ1v) is 9.89. The zero-order valence-electron chi connectivity index (χ0n) is 16.1. The fraction of sp³-hybridized carbons (Fsp3) is 0.368. The molecule has 4 atom stereocenters. The van der Waals surface area contributed by atoms with Crippen LogP contribution in [0.25, 0.3) is 0 Å². The van der Waals surface area contributed by atoms with Crippen LogP contribution in [0.15, 0.2) is 34.8 Å². The molecule has 4 rings (SSSR count). The lowest BCUT2D eigenvalue weighted by Gasteiger charge is -2.34. The van der Waals surface area contributed by atoms with Crippen molar-refractivity contribution in [2.75, 3.05) is 4.90 Å². The van der Waals surface area contributed by atoms with Crippen molar-refractivity contribution < 1.29 is 38.3 Å². The number of carbonyl (C=O) groups excluding carboxylic acids is 4. The zero-order chi connectivity index (χ0) is 22.7. The Morgan fingerprint density at radius 3 is 2.45 bits per heavy atom. The first-order chi connectivity index (χ1) is 14.6. The second kappa shape index (κ2) is 7.24. The number of rotatable bonds is 5. The third-order valence-electron chi connectivity index (χ3n) is 5.37. The minimum atomic E-state index is -1.72. The Bertz CT molecular complexity index is 1050. The molecule has 1 aromatic rings. The Balaban J connectivity index is 1.79. The monoisotopic (exact) mass is 494 g/mol. The highest BCUT2D eigenvalue weighted by Gasteiger charge is 2.72. The van der Waals surface area contributed by atoms with E-state index in [-0.39, 0.29) is 5.69 Å². The van der Waals surface area contributed by atoms with E-state index in [9.17, 15) is 29.3 Å². The lowest BCUT2D eigenvalue weighted by molar-refractivity contribution is -0.384. The highest BCUT2D eigenvalue weighted by atomic mass is 79.9. The van der Waals surface area contributed by atoms with Crippen molar-refractivity contribution in [1.29, 1.82) is 0 Å². The van der Waals surface area contributed by atoms with Gasteiger partial charge in [-0.1, -0.05) is 22.0 Å². The van der Waals surface area contributed by atoms with Gasteiger partial charge in [-0.25, -0.2) is 4.90 Å². The third-order valence-corrected chi connectivity index (χ3v) is 5.86. The number of ether oxygens (including phenoxy) is 3. The number of fused-ring (bicyclic) bond motifs is 5. The molecule has 0 saturated carbocycles. The second-order valence-corrected chi connectivity index (χ2v) is 8.17. The minimum Gasteiger partial charge on any atom is -0.422 e. The van der Waals surface area contributed by atoms with Gasteiger partial charge in [-0.2, -0.15) is 0 Å². The molecule has 0 N–H and O–H groups in total. The van der Waals surface area contributed by atoms with Crippen LogP contribution in [0.1, 0.15) is 13.8 Å². The van der Waals surface area contributed by atoms with E-state index in [0.717, 1.165) is 18.7 Å². The number of benzene rings is 1. The maximum absolute atomic E-state index is 13.4. The molecule has 0 aromatic heterocycles. The average molecular weight is 495 g/mol. The van der Waals surface area contributed by atoms with Crippen LogP contribution in [0.2, 0.25) is 0 Å². The van der Waals surface area contributed by atoms with Gasteiger partial charge >= 0.3 is 11.9 Å². The van der Waals surface area contributed by atoms with Crippen molar-refractivity contribution in [3.8, 4) is 0 Å². The molecular weight excluding hydrogens is 480 g/mol. The quantitative estimate of drug-likeness (QED) is 0.149. The van der Waals surface area contributed by atoms with Crippen molar-refractivity contribution in [1.82, 2.24) is 0 Å². The van der Waals surface area contributed by atoms with Crippen LogP contribution in [0.5, 0.6) is 0 Å². The number of carbonyl (C=O) groups is 4. The summed E-state index contributed by atoms with van der Waals surface area (Å²) in [4.78, 5) is 61.4. The average Bonchev–Trinajstić information content (AvgIpc) is 3.32. The number of imide groups is 1. The predicted molar refractivity (Wildman–Crippen MR) is 104 cm³/mol. The van der Waals surface area contributed by atoms with Crippen LogP contribution in [0, 0.1) is 22.0 Å². The zero-order valence-corrected chi connectivity index (χ0v) is 17.7. The van der Waals surface area contributed by atoms with Crippen LogP contribution in [-0.4, -0.2) is 46.7 Å². The summed E-state index contributed by atoms with van der Waals surface area (Å²) in [6.45, 7) is 2.18. The fourth-order valence-electron chi connectivity index (χ4n) is 4.29. The SMILES string of the molecule is CC(=O)OC(OC(C)=O)[C@]12C=C[C@H](O1)[C@H]1C(=O)N(c3ccc(Br)cc3[N+](=O)[O-])C(=O)[C@@H]12. The Labute approximate surface area is 183 Å². The lowest BCUT2D eigenvalue weighted by Crippen LogP contribution is -2.52. The van der Waals surface area contributed by atoms with E-state index in [1.165, 1.54) is 30.4 Å². The molecule has 162 valence electrons. The summed E-state index contributed by atoms with van der Waals surface area (Å²) in [5.41, 5.74) is -2.36. The number of hydrogen-bond donors (Lipinski definition) is 0. The Kier molecular flexibility index (Phi) is 4.93. The van der Waals surface area contributed by atoms with Gasteiger partial charge in [-0.15, -0.1) is 0 Å². The van der Waals surface area contributed by atoms with Crippen molar-refractivity contribution >= 4 is 51.1 Å². The largest absolute Gasteiger partial charge is 0.422 e. The summed E-state index contributed by atoms with van der Waals surface area (Å²) in [6.07, 6.45) is 0.483. The molecule has 3 heterocycles. The van der Waals surface area contributed by atoms with Gasteiger partial charge in [0, 0.05) is 24.4 Å². The summed E-state index contributed by atoms with van der Waals surface area (Å²) >= 11 is 3.13. The molecule has 2 saturated heterocycles. The van der Waals surface area contributed by atoms with Crippen molar-refractivity contribution in [3.63, 3.8) is 0 Å². The van der Waals surface area contributed by atoms with Gasteiger partial charge in [-0.05, 0) is 18.2 Å². The molecule has 0 spiro atoms. The van der Waals surface area contributed by atoms with Crippen molar-refractivity contribution in [3.05, 3.63) is 44.9 Å². The fourth-order valence-corrected chi connectivity index (χ4v) is 4.64. The molecule has 0 aliphatic carbocycles. The third kappa shape index (κ3) is 3.13. The van der Waals surface area contributed by atoms with E-state index in [1.54, 1.807) is 0 Å². The molecule has 0 radical (unpaired) electrons. The smallest absolute Gasteiger partial charge is 0.305 e. The maximum Gasteiger partial charge on any atom is 0.305 e. The minimum absolute atomic E-state index is 0.191. The van der Waals surface area contributed by atoms with E-state index in [2.05, 4.69) is 15.9 Å². The Morgan fingerprint density at radius 1 is 1.23 bits per heavy atom. The molecular formula is C19H15BrN2O9. The van der Waals surface area contributed by atoms with E-state index in [4.69, 9.17) is 14.2 Å². The highest BCUT2D eigenvalue weighted by Crippen LogP contribution is 2.55. The predicted octanol–water partition coefficient (Wildman–Crippen LogP) is 1.62. The van der Waals surface area contributed by atoms with Gasteiger partial charge in [0.2, 0.25) is 11.8 Å². The van der Waals surface area contributed by atoms with E-state index in [0.29, 0.717) is 4.47 Å². The van der Waals surface area contributed by atoms with Gasteiger partial charge in [-0.3, -0.25) is 29.3 Å². The number of anilines is 1. The van der Waals surface area contributed by atoms with E-state index in [1.807, 2.05) is 0 Å². The normalized spacial score (nSPS) is 28.3. The van der Waals surface area contributed by atoms with E-state index < -0.39 is 64.2 Å².